The van der Waals surface area contributed by atoms with Crippen molar-refractivity contribution in [2.24, 2.45) is 0 Å². The van der Waals surface area contributed by atoms with E-state index in [1.807, 2.05) is 35.2 Å². The van der Waals surface area contributed by atoms with Gasteiger partial charge >= 0.3 is 0 Å². The molecule has 3 fully saturated rings. The van der Waals surface area contributed by atoms with Gasteiger partial charge in [0, 0.05) is 44.7 Å². The first kappa shape index (κ1) is 24.6. The predicted octanol–water partition coefficient (Wildman–Crippen LogP) is 6.20. The number of likely N-dealkylation sites (tertiary alicyclic amines) is 1. The van der Waals surface area contributed by atoms with Crippen LogP contribution in [0.15, 0.2) is 60.5 Å². The third-order valence-electron chi connectivity index (χ3n) is 8.13. The molecule has 0 radical (unpaired) electrons. The molecule has 1 saturated carbocycles. The highest BCUT2D eigenvalue weighted by Gasteiger charge is 2.54. The minimum absolute atomic E-state index is 0.208. The van der Waals surface area contributed by atoms with Crippen molar-refractivity contribution >= 4 is 11.7 Å². The van der Waals surface area contributed by atoms with Crippen molar-refractivity contribution in [1.82, 2.24) is 9.80 Å². The number of carbonyl (C=O) groups excluding carboxylic acids is 1. The van der Waals surface area contributed by atoms with E-state index in [9.17, 15) is 4.79 Å². The van der Waals surface area contributed by atoms with E-state index >= 15 is 0 Å². The Bertz CT molecular complexity index is 1140. The van der Waals surface area contributed by atoms with Crippen LogP contribution in [0.3, 0.4) is 0 Å². The van der Waals surface area contributed by atoms with Crippen LogP contribution < -0.4 is 0 Å². The standard InChI is InChI=1S/C31H39N3O2/c1-4-6-22(2)24-9-13-26(14-10-24)30(32)33(3)21-28-31(36-28)15-17-34(18-16-31)29(35)20-23-7-5-8-27(19-23)25-11-12-25/h5,7-10,13-14,19,21-22,25,32H,4,6,11-12,15-18,20H2,1-3H3/b28-21+,32-30?. The molecule has 1 atom stereocenters. The maximum absolute atomic E-state index is 12.9. The molecule has 2 aromatic carbocycles. The fourth-order valence-electron chi connectivity index (χ4n) is 5.47. The minimum atomic E-state index is -0.253. The molecule has 0 bridgehead atoms. The first-order chi connectivity index (χ1) is 17.4. The summed E-state index contributed by atoms with van der Waals surface area (Å²) in [6.07, 6.45) is 8.98. The number of amidine groups is 1. The van der Waals surface area contributed by atoms with Crippen LogP contribution in [0.25, 0.3) is 0 Å². The molecule has 1 unspecified atom stereocenters. The van der Waals surface area contributed by atoms with Crippen molar-refractivity contribution in [2.75, 3.05) is 20.1 Å². The zero-order chi connectivity index (χ0) is 25.3. The van der Waals surface area contributed by atoms with E-state index in [0.29, 0.717) is 24.1 Å². The predicted molar refractivity (Wildman–Crippen MR) is 144 cm³/mol. The van der Waals surface area contributed by atoms with Crippen LogP contribution in [0.4, 0.5) is 0 Å². The van der Waals surface area contributed by atoms with E-state index in [0.717, 1.165) is 42.8 Å². The SMILES string of the molecule is CCCC(C)c1ccc(C(=N)N(C)/C=C2/OC23CCN(C(=O)Cc2cccc(C4CC4)c2)CC3)cc1. The van der Waals surface area contributed by atoms with Gasteiger partial charge in [0.05, 0.1) is 6.42 Å². The summed E-state index contributed by atoms with van der Waals surface area (Å²) in [4.78, 5) is 16.8. The van der Waals surface area contributed by atoms with Gasteiger partial charge in [0.1, 0.15) is 5.84 Å². The van der Waals surface area contributed by atoms with E-state index in [2.05, 4.69) is 50.2 Å². The molecule has 1 aliphatic carbocycles. The van der Waals surface area contributed by atoms with E-state index < -0.39 is 0 Å². The number of hydrogen-bond donors (Lipinski definition) is 1. The van der Waals surface area contributed by atoms with Gasteiger partial charge in [0.25, 0.3) is 0 Å². The van der Waals surface area contributed by atoms with Gasteiger partial charge in [-0.25, -0.2) is 0 Å². The first-order valence-electron chi connectivity index (χ1n) is 13.6. The normalized spacial score (nSPS) is 20.2. The van der Waals surface area contributed by atoms with Crippen LogP contribution in [-0.4, -0.2) is 47.3 Å². The lowest BCUT2D eigenvalue weighted by atomic mass is 9.95. The molecule has 1 spiro atoms. The Morgan fingerprint density at radius 1 is 1.19 bits per heavy atom. The molecule has 0 aromatic heterocycles. The number of nitrogens with zero attached hydrogens (tertiary/aromatic N) is 2. The Hall–Kier alpha value is -3.08. The van der Waals surface area contributed by atoms with Crippen molar-refractivity contribution in [3.05, 3.63) is 82.7 Å². The lowest BCUT2D eigenvalue weighted by Crippen LogP contribution is -2.42. The number of epoxide rings is 1. The zero-order valence-corrected chi connectivity index (χ0v) is 21.9. The Kier molecular flexibility index (Phi) is 6.92. The average Bonchev–Trinajstić information content (AvgIpc) is 3.82. The topological polar surface area (TPSA) is 59.9 Å². The number of benzene rings is 2. The maximum Gasteiger partial charge on any atom is 0.226 e. The number of ether oxygens (including phenoxy) is 1. The molecule has 2 saturated heterocycles. The molecule has 2 aliphatic heterocycles. The van der Waals surface area contributed by atoms with Crippen molar-refractivity contribution < 1.29 is 9.53 Å². The lowest BCUT2D eigenvalue weighted by molar-refractivity contribution is -0.132. The third-order valence-corrected chi connectivity index (χ3v) is 8.13. The van der Waals surface area contributed by atoms with E-state index in [1.165, 1.54) is 36.8 Å². The van der Waals surface area contributed by atoms with Crippen LogP contribution >= 0.6 is 0 Å². The molecule has 5 rings (SSSR count). The Morgan fingerprint density at radius 2 is 1.92 bits per heavy atom. The highest BCUT2D eigenvalue weighted by atomic mass is 16.6. The molecule has 2 aromatic rings. The molecule has 3 aliphatic rings. The van der Waals surface area contributed by atoms with Crippen molar-refractivity contribution in [3.63, 3.8) is 0 Å². The quantitative estimate of drug-likeness (QED) is 0.275. The van der Waals surface area contributed by atoms with E-state index in [4.69, 9.17) is 10.1 Å². The lowest BCUT2D eigenvalue weighted by Gasteiger charge is -2.29. The smallest absolute Gasteiger partial charge is 0.226 e. The number of piperidine rings is 1. The molecule has 5 nitrogen and oxygen atoms in total. The Balaban J connectivity index is 1.13. The van der Waals surface area contributed by atoms with Gasteiger partial charge in [-0.2, -0.15) is 0 Å². The van der Waals surface area contributed by atoms with Gasteiger partial charge in [0.15, 0.2) is 11.4 Å². The Labute approximate surface area is 215 Å². The number of amides is 1. The summed E-state index contributed by atoms with van der Waals surface area (Å²) < 4.78 is 6.06. The van der Waals surface area contributed by atoms with Crippen LogP contribution in [-0.2, 0) is 16.0 Å². The first-order valence-corrected chi connectivity index (χ1v) is 13.6. The fourth-order valence-corrected chi connectivity index (χ4v) is 5.47. The average molecular weight is 486 g/mol. The largest absolute Gasteiger partial charge is 0.478 e. The molecule has 5 heteroatoms. The molecule has 2 heterocycles. The number of hydrogen-bond acceptors (Lipinski definition) is 3. The second-order valence-electron chi connectivity index (χ2n) is 10.9. The monoisotopic (exact) mass is 485 g/mol. The van der Waals surface area contributed by atoms with Crippen molar-refractivity contribution in [3.8, 4) is 0 Å². The van der Waals surface area contributed by atoms with Crippen molar-refractivity contribution in [1.29, 1.82) is 5.41 Å². The van der Waals surface area contributed by atoms with Gasteiger partial charge in [-0.05, 0) is 47.8 Å². The zero-order valence-electron chi connectivity index (χ0n) is 21.9. The molecule has 36 heavy (non-hydrogen) atoms. The third kappa shape index (κ3) is 5.35. The highest BCUT2D eigenvalue weighted by Crippen LogP contribution is 2.49. The van der Waals surface area contributed by atoms with Gasteiger partial charge in [0.2, 0.25) is 5.91 Å². The highest BCUT2D eigenvalue weighted by molar-refractivity contribution is 5.96. The minimum Gasteiger partial charge on any atom is -0.478 e. The van der Waals surface area contributed by atoms with Crippen LogP contribution in [0, 0.1) is 5.41 Å². The molecule has 1 N–H and O–H groups in total. The molecule has 190 valence electrons. The van der Waals surface area contributed by atoms with Gasteiger partial charge in [-0.15, -0.1) is 0 Å². The van der Waals surface area contributed by atoms with Gasteiger partial charge in [-0.1, -0.05) is 68.8 Å². The number of rotatable bonds is 8. The summed E-state index contributed by atoms with van der Waals surface area (Å²) >= 11 is 0. The fraction of sp³-hybridized carbons (Fsp3) is 0.484. The summed E-state index contributed by atoms with van der Waals surface area (Å²) in [6.45, 7) is 5.91. The van der Waals surface area contributed by atoms with Crippen LogP contribution in [0.2, 0.25) is 0 Å². The number of nitrogens with one attached hydrogen (secondary N) is 1. The van der Waals surface area contributed by atoms with E-state index in [1.54, 1.807) is 0 Å². The van der Waals surface area contributed by atoms with Crippen molar-refractivity contribution in [2.45, 2.75) is 76.2 Å². The second-order valence-corrected chi connectivity index (χ2v) is 10.9. The maximum atomic E-state index is 12.9. The summed E-state index contributed by atoms with van der Waals surface area (Å²) in [5.74, 6) is 2.86. The summed E-state index contributed by atoms with van der Waals surface area (Å²) in [5, 5.41) is 8.63. The molecular weight excluding hydrogens is 446 g/mol. The molecular formula is C31H39N3O2. The molecule has 1 amide bonds. The summed E-state index contributed by atoms with van der Waals surface area (Å²) in [6, 6.07) is 17.0. The summed E-state index contributed by atoms with van der Waals surface area (Å²) in [5.41, 5.74) is 4.49. The van der Waals surface area contributed by atoms with Gasteiger partial charge in [-0.3, -0.25) is 10.2 Å². The second kappa shape index (κ2) is 10.1. The number of carbonyl (C=O) groups is 1. The van der Waals surface area contributed by atoms with Gasteiger partial charge < -0.3 is 14.5 Å². The Morgan fingerprint density at radius 3 is 2.58 bits per heavy atom. The van der Waals surface area contributed by atoms with E-state index in [-0.39, 0.29) is 11.5 Å². The summed E-state index contributed by atoms with van der Waals surface area (Å²) in [7, 11) is 1.91. The van der Waals surface area contributed by atoms with Crippen LogP contribution in [0.1, 0.15) is 86.5 Å². The van der Waals surface area contributed by atoms with Crippen LogP contribution in [0.5, 0.6) is 0 Å².